The van der Waals surface area contributed by atoms with Crippen LogP contribution in [0.2, 0.25) is 0 Å². The molecule has 1 N–H and O–H groups in total. The molecule has 1 heterocycles. The molecule has 4 heteroatoms. The summed E-state index contributed by atoms with van der Waals surface area (Å²) in [4.78, 5) is 0. The maximum absolute atomic E-state index is 13.5. The molecule has 62 valence electrons. The minimum atomic E-state index is -1.52. The number of hydrogen-bond donors (Lipinski definition) is 1. The van der Waals surface area contributed by atoms with Crippen LogP contribution in [0.1, 0.15) is 13.8 Å². The Hall–Kier alpha value is -0.0851. The Balaban J connectivity index is 2.71. The molecule has 1 saturated heterocycles. The molecule has 0 amide bonds. The molecule has 0 aromatic heterocycles. The Morgan fingerprint density at radius 2 is 2.27 bits per heavy atom. The highest BCUT2D eigenvalue weighted by Crippen LogP contribution is 2.37. The Labute approximate surface area is 67.1 Å². The molecule has 2 nitrogen and oxygen atoms in total. The predicted molar refractivity (Wildman–Crippen MR) is 40.2 cm³/mol. The van der Waals surface area contributed by atoms with Gasteiger partial charge in [0.1, 0.15) is 13.5 Å². The smallest absolute Gasteiger partial charge is 0.130 e. The third kappa shape index (κ3) is 1.29. The molecule has 0 aromatic rings. The SMILES string of the molecule is [B][C@@H]1O[C@H](CO)[C@@H](C)[C@@]1(C)F. The van der Waals surface area contributed by atoms with Crippen LogP contribution in [0.3, 0.4) is 0 Å². The number of aliphatic hydroxyl groups is 1. The Kier molecular flexibility index (Phi) is 2.26. The summed E-state index contributed by atoms with van der Waals surface area (Å²) in [5, 5.41) is 8.74. The summed E-state index contributed by atoms with van der Waals surface area (Å²) in [6.07, 6.45) is -0.458. The van der Waals surface area contributed by atoms with Crippen LogP contribution in [-0.2, 0) is 4.74 Å². The molecule has 0 unspecified atom stereocenters. The van der Waals surface area contributed by atoms with Crippen molar-refractivity contribution in [1.29, 1.82) is 0 Å². The maximum Gasteiger partial charge on any atom is 0.130 e. The average molecular weight is 158 g/mol. The first-order chi connectivity index (χ1) is 5.00. The van der Waals surface area contributed by atoms with Gasteiger partial charge < -0.3 is 9.84 Å². The van der Waals surface area contributed by atoms with Crippen LogP contribution in [0.4, 0.5) is 4.39 Å². The molecule has 1 aliphatic heterocycles. The molecule has 1 fully saturated rings. The standard InChI is InChI=1S/C7H12BFO2/c1-4-5(3-10)11-6(8)7(4,2)9/h4-6,10H,3H2,1-2H3/t4-,5-,6-,7-/m1/s1. The number of aliphatic hydroxyl groups excluding tert-OH is 1. The number of hydrogen-bond acceptors (Lipinski definition) is 2. The van der Waals surface area contributed by atoms with E-state index in [1.165, 1.54) is 6.92 Å². The predicted octanol–water partition coefficient (Wildman–Crippen LogP) is 0.236. The van der Waals surface area contributed by atoms with Crippen molar-refractivity contribution < 1.29 is 14.2 Å². The van der Waals surface area contributed by atoms with Gasteiger partial charge in [0.05, 0.1) is 18.7 Å². The van der Waals surface area contributed by atoms with Crippen LogP contribution in [-0.4, -0.2) is 37.3 Å². The first kappa shape index (κ1) is 9.01. The normalized spacial score (nSPS) is 51.5. The van der Waals surface area contributed by atoms with Crippen LogP contribution in [0, 0.1) is 5.92 Å². The lowest BCUT2D eigenvalue weighted by Crippen LogP contribution is -2.35. The van der Waals surface area contributed by atoms with Crippen molar-refractivity contribution in [2.45, 2.75) is 31.6 Å². The third-order valence-electron chi connectivity index (χ3n) is 2.51. The first-order valence-corrected chi connectivity index (χ1v) is 3.71. The topological polar surface area (TPSA) is 29.5 Å². The zero-order valence-corrected chi connectivity index (χ0v) is 6.75. The van der Waals surface area contributed by atoms with E-state index in [0.29, 0.717) is 0 Å². The number of ether oxygens (including phenoxy) is 1. The van der Waals surface area contributed by atoms with Gasteiger partial charge in [0.25, 0.3) is 0 Å². The molecule has 0 aliphatic carbocycles. The van der Waals surface area contributed by atoms with Crippen molar-refractivity contribution >= 4 is 7.85 Å². The minimum Gasteiger partial charge on any atom is -0.394 e. The van der Waals surface area contributed by atoms with Crippen molar-refractivity contribution in [1.82, 2.24) is 0 Å². The summed E-state index contributed by atoms with van der Waals surface area (Å²) in [7, 11) is 5.36. The van der Waals surface area contributed by atoms with Crippen LogP contribution < -0.4 is 0 Å². The number of alkyl halides is 1. The van der Waals surface area contributed by atoms with Gasteiger partial charge in [-0.1, -0.05) is 6.92 Å². The van der Waals surface area contributed by atoms with Gasteiger partial charge in [-0.25, -0.2) is 4.39 Å². The fourth-order valence-electron chi connectivity index (χ4n) is 1.26. The number of rotatable bonds is 1. The Morgan fingerprint density at radius 3 is 2.45 bits per heavy atom. The molecule has 4 atom stereocenters. The third-order valence-corrected chi connectivity index (χ3v) is 2.51. The molecular weight excluding hydrogens is 146 g/mol. The summed E-state index contributed by atoms with van der Waals surface area (Å²) in [5.74, 6) is -0.345. The molecule has 0 spiro atoms. The second kappa shape index (κ2) is 2.75. The van der Waals surface area contributed by atoms with E-state index in [1.807, 2.05) is 0 Å². The van der Waals surface area contributed by atoms with Crippen molar-refractivity contribution in [3.8, 4) is 0 Å². The van der Waals surface area contributed by atoms with E-state index >= 15 is 0 Å². The molecule has 0 bridgehead atoms. The molecule has 1 aliphatic rings. The van der Waals surface area contributed by atoms with Gasteiger partial charge in [-0.15, -0.1) is 0 Å². The zero-order valence-electron chi connectivity index (χ0n) is 6.75. The molecule has 1 rings (SSSR count). The van der Waals surface area contributed by atoms with Crippen LogP contribution >= 0.6 is 0 Å². The van der Waals surface area contributed by atoms with Crippen LogP contribution in [0.15, 0.2) is 0 Å². The van der Waals surface area contributed by atoms with Gasteiger partial charge in [0.2, 0.25) is 0 Å². The Bertz CT molecular complexity index is 151. The van der Waals surface area contributed by atoms with E-state index in [-0.39, 0.29) is 12.5 Å². The summed E-state index contributed by atoms with van der Waals surface area (Å²) in [6, 6.07) is -0.908. The monoisotopic (exact) mass is 158 g/mol. The van der Waals surface area contributed by atoms with Crippen molar-refractivity contribution in [2.75, 3.05) is 6.61 Å². The van der Waals surface area contributed by atoms with E-state index in [2.05, 4.69) is 0 Å². The molecule has 0 aromatic carbocycles. The van der Waals surface area contributed by atoms with Gasteiger partial charge in [-0.2, -0.15) is 0 Å². The lowest BCUT2D eigenvalue weighted by molar-refractivity contribution is 0.0240. The van der Waals surface area contributed by atoms with Crippen molar-refractivity contribution in [2.24, 2.45) is 5.92 Å². The van der Waals surface area contributed by atoms with Crippen LogP contribution in [0.25, 0.3) is 0 Å². The fourth-order valence-corrected chi connectivity index (χ4v) is 1.26. The summed E-state index contributed by atoms with van der Waals surface area (Å²) in [5.41, 5.74) is -1.52. The zero-order chi connectivity index (χ0) is 8.65. The average Bonchev–Trinajstić information content (AvgIpc) is 2.14. The van der Waals surface area contributed by atoms with Gasteiger partial charge in [-0.3, -0.25) is 0 Å². The highest BCUT2D eigenvalue weighted by atomic mass is 19.1. The fraction of sp³-hybridized carbons (Fsp3) is 1.00. The van der Waals surface area contributed by atoms with Gasteiger partial charge in [0.15, 0.2) is 0 Å². The highest BCUT2D eigenvalue weighted by molar-refractivity contribution is 6.12. The van der Waals surface area contributed by atoms with E-state index < -0.39 is 17.8 Å². The highest BCUT2D eigenvalue weighted by Gasteiger charge is 2.48. The van der Waals surface area contributed by atoms with E-state index in [0.717, 1.165) is 0 Å². The van der Waals surface area contributed by atoms with E-state index in [1.54, 1.807) is 6.92 Å². The second-order valence-corrected chi connectivity index (χ2v) is 3.22. The quantitative estimate of drug-likeness (QED) is 0.553. The molecule has 0 saturated carbocycles. The lowest BCUT2D eigenvalue weighted by Gasteiger charge is -2.22. The number of halogens is 1. The maximum atomic E-state index is 13.5. The minimum absolute atomic E-state index is 0.172. The van der Waals surface area contributed by atoms with Crippen molar-refractivity contribution in [3.05, 3.63) is 0 Å². The van der Waals surface area contributed by atoms with E-state index in [4.69, 9.17) is 17.7 Å². The van der Waals surface area contributed by atoms with Gasteiger partial charge in [-0.05, 0) is 6.92 Å². The summed E-state index contributed by atoms with van der Waals surface area (Å²) >= 11 is 0. The largest absolute Gasteiger partial charge is 0.394 e. The van der Waals surface area contributed by atoms with E-state index in [9.17, 15) is 4.39 Å². The first-order valence-electron chi connectivity index (χ1n) is 3.71. The summed E-state index contributed by atoms with van der Waals surface area (Å²) < 4.78 is 18.5. The van der Waals surface area contributed by atoms with Crippen LogP contribution in [0.5, 0.6) is 0 Å². The van der Waals surface area contributed by atoms with Gasteiger partial charge >= 0.3 is 0 Å². The second-order valence-electron chi connectivity index (χ2n) is 3.22. The molecule has 11 heavy (non-hydrogen) atoms. The summed E-state index contributed by atoms with van der Waals surface area (Å²) in [6.45, 7) is 2.92. The lowest BCUT2D eigenvalue weighted by atomic mass is 9.79. The van der Waals surface area contributed by atoms with Gasteiger partial charge in [0, 0.05) is 5.92 Å². The molecular formula is C7H12BFO2. The Morgan fingerprint density at radius 1 is 1.73 bits per heavy atom. The molecule has 2 radical (unpaired) electrons. The van der Waals surface area contributed by atoms with Crippen molar-refractivity contribution in [3.63, 3.8) is 0 Å².